The molecule has 0 radical (unpaired) electrons. The van der Waals surface area contributed by atoms with E-state index >= 15 is 0 Å². The van der Waals surface area contributed by atoms with Crippen LogP contribution in [0.4, 0.5) is 0 Å². The van der Waals surface area contributed by atoms with E-state index in [1.54, 1.807) is 11.3 Å². The number of rotatable bonds is 6. The largest absolute Gasteiger partial charge is 0.308 e. The second kappa shape index (κ2) is 8.18. The molecule has 0 bridgehead atoms. The lowest BCUT2D eigenvalue weighted by Gasteiger charge is -2.04. The van der Waals surface area contributed by atoms with Gasteiger partial charge >= 0.3 is 0 Å². The topological polar surface area (TPSA) is 37.8 Å². The Hall–Kier alpha value is -1.31. The van der Waals surface area contributed by atoms with Gasteiger partial charge < -0.3 is 5.32 Å². The third-order valence-electron chi connectivity index (χ3n) is 3.85. The van der Waals surface area contributed by atoms with Crippen molar-refractivity contribution in [1.29, 1.82) is 0 Å². The molecule has 0 aliphatic heterocycles. The van der Waals surface area contributed by atoms with Crippen LogP contribution in [0.3, 0.4) is 0 Å². The third-order valence-corrected chi connectivity index (χ3v) is 5.77. The maximum atomic E-state index is 4.74. The van der Waals surface area contributed by atoms with Crippen LogP contribution in [0.5, 0.6) is 0 Å². The number of nitrogens with zero attached hydrogens (tertiary/aromatic N) is 2. The minimum absolute atomic E-state index is 0.848. The van der Waals surface area contributed by atoms with Gasteiger partial charge in [0.1, 0.15) is 5.01 Å². The van der Waals surface area contributed by atoms with Gasteiger partial charge in [-0.2, -0.15) is 0 Å². The molecule has 0 amide bonds. The number of aromatic nitrogens is 2. The average Bonchev–Trinajstić information content (AvgIpc) is 2.98. The average molecular weight is 449 g/mol. The molecule has 3 rings (SSSR count). The fourth-order valence-corrected chi connectivity index (χ4v) is 3.83. The summed E-state index contributed by atoms with van der Waals surface area (Å²) in [5, 5.41) is 4.60. The van der Waals surface area contributed by atoms with Crippen molar-refractivity contribution in [3.8, 4) is 10.6 Å². The SMILES string of the molecule is CCc1cc(-c2nc(C)c(CNCc3ccc(I)cc3)s2)ccn1. The zero-order valence-corrected chi connectivity index (χ0v) is 16.8. The van der Waals surface area contributed by atoms with Crippen LogP contribution in [0.2, 0.25) is 0 Å². The van der Waals surface area contributed by atoms with E-state index in [4.69, 9.17) is 4.98 Å². The zero-order chi connectivity index (χ0) is 16.9. The second-order valence-corrected chi connectivity index (χ2v) is 7.98. The van der Waals surface area contributed by atoms with Gasteiger partial charge in [-0.25, -0.2) is 4.98 Å². The van der Waals surface area contributed by atoms with Crippen LogP contribution in [-0.4, -0.2) is 9.97 Å². The molecule has 1 N–H and O–H groups in total. The summed E-state index contributed by atoms with van der Waals surface area (Å²) >= 11 is 4.10. The minimum atomic E-state index is 0.848. The van der Waals surface area contributed by atoms with Crippen molar-refractivity contribution < 1.29 is 0 Å². The van der Waals surface area contributed by atoms with Crippen LogP contribution in [-0.2, 0) is 19.5 Å². The van der Waals surface area contributed by atoms with Crippen LogP contribution < -0.4 is 5.32 Å². The van der Waals surface area contributed by atoms with Gasteiger partial charge in [0.15, 0.2) is 0 Å². The van der Waals surface area contributed by atoms with Crippen molar-refractivity contribution >= 4 is 33.9 Å². The first kappa shape index (κ1) is 17.5. The highest BCUT2D eigenvalue weighted by Gasteiger charge is 2.10. The molecule has 0 saturated carbocycles. The molecule has 0 spiro atoms. The van der Waals surface area contributed by atoms with Crippen LogP contribution in [0, 0.1) is 10.5 Å². The molecule has 0 aliphatic carbocycles. The Balaban J connectivity index is 1.66. The predicted molar refractivity (Wildman–Crippen MR) is 109 cm³/mol. The van der Waals surface area contributed by atoms with Crippen molar-refractivity contribution in [2.45, 2.75) is 33.4 Å². The molecule has 5 heteroatoms. The number of thiazole rings is 1. The van der Waals surface area contributed by atoms with E-state index < -0.39 is 0 Å². The summed E-state index contributed by atoms with van der Waals surface area (Å²) < 4.78 is 1.27. The molecular weight excluding hydrogens is 429 g/mol. The maximum Gasteiger partial charge on any atom is 0.124 e. The standard InChI is InChI=1S/C19H20IN3S/c1-3-17-10-15(8-9-22-17)19-23-13(2)18(24-19)12-21-11-14-4-6-16(20)7-5-14/h4-10,21H,3,11-12H2,1-2H3. The Morgan fingerprint density at radius 2 is 1.92 bits per heavy atom. The normalized spacial score (nSPS) is 11.0. The molecule has 0 fully saturated rings. The first-order chi connectivity index (χ1) is 11.7. The van der Waals surface area contributed by atoms with Gasteiger partial charge in [-0.1, -0.05) is 19.1 Å². The van der Waals surface area contributed by atoms with Crippen molar-refractivity contribution in [3.05, 3.63) is 68.0 Å². The Morgan fingerprint density at radius 1 is 1.12 bits per heavy atom. The van der Waals surface area contributed by atoms with Crippen molar-refractivity contribution in [2.24, 2.45) is 0 Å². The number of halogens is 1. The van der Waals surface area contributed by atoms with E-state index in [1.165, 1.54) is 19.6 Å². The van der Waals surface area contributed by atoms with E-state index in [-0.39, 0.29) is 0 Å². The predicted octanol–water partition coefficient (Wildman–Crippen LogP) is 4.97. The van der Waals surface area contributed by atoms with Crippen LogP contribution in [0.15, 0.2) is 42.6 Å². The molecule has 2 aromatic heterocycles. The fourth-order valence-electron chi connectivity index (χ4n) is 2.44. The number of pyridine rings is 1. The van der Waals surface area contributed by atoms with Crippen LogP contribution >= 0.6 is 33.9 Å². The summed E-state index contributed by atoms with van der Waals surface area (Å²) in [6.45, 7) is 5.93. The molecule has 0 unspecified atom stereocenters. The van der Waals surface area contributed by atoms with E-state index in [9.17, 15) is 0 Å². The molecule has 0 aliphatic rings. The number of aryl methyl sites for hydroxylation is 2. The zero-order valence-electron chi connectivity index (χ0n) is 13.8. The highest BCUT2D eigenvalue weighted by atomic mass is 127. The quantitative estimate of drug-likeness (QED) is 0.540. The fraction of sp³-hybridized carbons (Fsp3) is 0.263. The highest BCUT2D eigenvalue weighted by Crippen LogP contribution is 2.28. The summed E-state index contributed by atoms with van der Waals surface area (Å²) in [4.78, 5) is 10.4. The lowest BCUT2D eigenvalue weighted by Crippen LogP contribution is -2.12. The van der Waals surface area contributed by atoms with Crippen molar-refractivity contribution in [2.75, 3.05) is 0 Å². The molecule has 3 aromatic rings. The van der Waals surface area contributed by atoms with Gasteiger partial charge in [0.2, 0.25) is 0 Å². The smallest absolute Gasteiger partial charge is 0.124 e. The molecule has 2 heterocycles. The number of benzene rings is 1. The Labute approximate surface area is 160 Å². The first-order valence-corrected chi connectivity index (χ1v) is 9.92. The monoisotopic (exact) mass is 449 g/mol. The van der Waals surface area contributed by atoms with Crippen LogP contribution in [0.1, 0.15) is 28.8 Å². The Bertz CT molecular complexity index is 812. The summed E-state index contributed by atoms with van der Waals surface area (Å²) in [5.41, 5.74) is 4.69. The van der Waals surface area contributed by atoms with Gasteiger partial charge in [-0.3, -0.25) is 4.98 Å². The summed E-state index contributed by atoms with van der Waals surface area (Å²) in [7, 11) is 0. The maximum absolute atomic E-state index is 4.74. The molecule has 0 atom stereocenters. The molecule has 124 valence electrons. The number of hydrogen-bond donors (Lipinski definition) is 1. The molecular formula is C19H20IN3S. The lowest BCUT2D eigenvalue weighted by molar-refractivity contribution is 0.697. The lowest BCUT2D eigenvalue weighted by atomic mass is 10.2. The number of nitrogens with one attached hydrogen (secondary N) is 1. The van der Waals surface area contributed by atoms with Crippen LogP contribution in [0.25, 0.3) is 10.6 Å². The summed E-state index contributed by atoms with van der Waals surface area (Å²) in [5.74, 6) is 0. The number of hydrogen-bond acceptors (Lipinski definition) is 4. The molecule has 24 heavy (non-hydrogen) atoms. The van der Waals surface area contributed by atoms with Crippen molar-refractivity contribution in [3.63, 3.8) is 0 Å². The molecule has 3 nitrogen and oxygen atoms in total. The molecule has 0 saturated heterocycles. The minimum Gasteiger partial charge on any atom is -0.308 e. The van der Waals surface area contributed by atoms with E-state index in [2.05, 4.69) is 77.1 Å². The second-order valence-electron chi connectivity index (χ2n) is 5.65. The summed E-state index contributed by atoms with van der Waals surface area (Å²) in [6.07, 6.45) is 2.82. The third kappa shape index (κ3) is 4.40. The van der Waals surface area contributed by atoms with Gasteiger partial charge in [0, 0.05) is 39.0 Å². The van der Waals surface area contributed by atoms with E-state index in [0.29, 0.717) is 0 Å². The van der Waals surface area contributed by atoms with E-state index in [1.807, 2.05) is 12.3 Å². The van der Waals surface area contributed by atoms with Gasteiger partial charge in [-0.15, -0.1) is 11.3 Å². The van der Waals surface area contributed by atoms with E-state index in [0.717, 1.165) is 35.9 Å². The Morgan fingerprint density at radius 3 is 2.67 bits per heavy atom. The van der Waals surface area contributed by atoms with Gasteiger partial charge in [-0.05, 0) is 65.8 Å². The summed E-state index contributed by atoms with van der Waals surface area (Å²) in [6, 6.07) is 12.8. The Kier molecular flexibility index (Phi) is 5.97. The molecule has 1 aromatic carbocycles. The highest BCUT2D eigenvalue weighted by molar-refractivity contribution is 14.1. The first-order valence-electron chi connectivity index (χ1n) is 8.02. The van der Waals surface area contributed by atoms with Gasteiger partial charge in [0.05, 0.1) is 5.69 Å². The van der Waals surface area contributed by atoms with Crippen molar-refractivity contribution in [1.82, 2.24) is 15.3 Å². The van der Waals surface area contributed by atoms with Gasteiger partial charge in [0.25, 0.3) is 0 Å².